The van der Waals surface area contributed by atoms with E-state index < -0.39 is 43.9 Å². The number of rotatable bonds is 10. The highest BCUT2D eigenvalue weighted by Crippen LogP contribution is 2.31. The summed E-state index contributed by atoms with van der Waals surface area (Å²) in [6.45, 7) is 3.28. The average molecular weight is 650 g/mol. The van der Waals surface area contributed by atoms with E-state index in [1.165, 1.54) is 73.7 Å². The van der Waals surface area contributed by atoms with E-state index in [2.05, 4.69) is 4.72 Å². The number of carbonyl (C=O) groups excluding carboxylic acids is 1. The number of sulfonamides is 2. The lowest BCUT2D eigenvalue weighted by Gasteiger charge is -2.33. The first-order valence-corrected chi connectivity index (χ1v) is 16.8. The van der Waals surface area contributed by atoms with Gasteiger partial charge in [0.25, 0.3) is 10.0 Å². The molecule has 3 aromatic rings. The maximum absolute atomic E-state index is 13.5. The van der Waals surface area contributed by atoms with Gasteiger partial charge in [-0.2, -0.15) is 4.31 Å². The number of hydrogen-bond donors (Lipinski definition) is 2. The molecule has 3 aromatic carbocycles. The summed E-state index contributed by atoms with van der Waals surface area (Å²) in [6, 6.07) is 14.4. The number of halogens is 1. The van der Waals surface area contributed by atoms with Crippen LogP contribution in [0.4, 0.5) is 10.1 Å². The Morgan fingerprint density at radius 1 is 1.07 bits per heavy atom. The summed E-state index contributed by atoms with van der Waals surface area (Å²) in [6.07, 6.45) is -0.906. The molecule has 1 aliphatic rings. The molecule has 0 aromatic heterocycles. The number of ether oxygens (including phenoxy) is 2. The van der Waals surface area contributed by atoms with Crippen molar-refractivity contribution >= 4 is 31.6 Å². The fraction of sp³-hybridized carbons (Fsp3) is 0.367. The predicted octanol–water partition coefficient (Wildman–Crippen LogP) is 3.10. The van der Waals surface area contributed by atoms with Crippen molar-refractivity contribution in [1.29, 1.82) is 0 Å². The molecule has 14 heteroatoms. The molecule has 0 bridgehead atoms. The molecule has 0 saturated carbocycles. The first-order valence-electron chi connectivity index (χ1n) is 13.8. The number of methoxy groups -OCH3 is 1. The third-order valence-corrected chi connectivity index (χ3v) is 10.7. The number of amides is 1. The quantitative estimate of drug-likeness (QED) is 0.341. The van der Waals surface area contributed by atoms with Crippen LogP contribution >= 0.6 is 0 Å². The second-order valence-electron chi connectivity index (χ2n) is 10.7. The summed E-state index contributed by atoms with van der Waals surface area (Å²) in [4.78, 5) is 14.9. The van der Waals surface area contributed by atoms with Crippen molar-refractivity contribution in [3.05, 3.63) is 78.1 Å². The van der Waals surface area contributed by atoms with E-state index in [4.69, 9.17) is 9.47 Å². The summed E-state index contributed by atoms with van der Waals surface area (Å²) >= 11 is 0. The number of anilines is 1. The van der Waals surface area contributed by atoms with E-state index in [0.717, 1.165) is 16.4 Å². The lowest BCUT2D eigenvalue weighted by atomic mass is 10.0. The van der Waals surface area contributed by atoms with Gasteiger partial charge in [-0.05, 0) is 73.7 Å². The minimum Gasteiger partial charge on any atom is -0.497 e. The predicted molar refractivity (Wildman–Crippen MR) is 162 cm³/mol. The van der Waals surface area contributed by atoms with Crippen molar-refractivity contribution in [2.45, 2.75) is 42.2 Å². The zero-order chi connectivity index (χ0) is 32.2. The fourth-order valence-corrected chi connectivity index (χ4v) is 7.05. The Kier molecular flexibility index (Phi) is 10.2. The zero-order valence-corrected chi connectivity index (χ0v) is 26.4. The highest BCUT2D eigenvalue weighted by Gasteiger charge is 2.33. The van der Waals surface area contributed by atoms with Crippen LogP contribution in [0.3, 0.4) is 0 Å². The molecule has 0 saturated heterocycles. The Morgan fingerprint density at radius 2 is 1.70 bits per heavy atom. The number of nitrogens with one attached hydrogen (secondary N) is 1. The van der Waals surface area contributed by atoms with Crippen LogP contribution in [-0.2, 0) is 31.3 Å². The molecule has 1 amide bonds. The van der Waals surface area contributed by atoms with Crippen molar-refractivity contribution in [3.8, 4) is 11.5 Å². The van der Waals surface area contributed by atoms with Gasteiger partial charge >= 0.3 is 0 Å². The van der Waals surface area contributed by atoms with Gasteiger partial charge in [0.2, 0.25) is 15.9 Å². The minimum atomic E-state index is -4.01. The van der Waals surface area contributed by atoms with Crippen LogP contribution in [0.1, 0.15) is 19.4 Å². The topological polar surface area (TPSA) is 143 Å². The Hall–Kier alpha value is -3.72. The second-order valence-corrected chi connectivity index (χ2v) is 14.5. The Labute approximate surface area is 257 Å². The third-order valence-electron chi connectivity index (χ3n) is 7.50. The number of aliphatic hydroxyl groups is 1. The Balaban J connectivity index is 1.67. The lowest BCUT2D eigenvalue weighted by molar-refractivity contribution is -0.134. The van der Waals surface area contributed by atoms with Crippen molar-refractivity contribution < 1.29 is 40.6 Å². The molecule has 1 aliphatic heterocycles. The largest absolute Gasteiger partial charge is 0.497 e. The van der Waals surface area contributed by atoms with E-state index in [1.54, 1.807) is 6.92 Å². The van der Waals surface area contributed by atoms with E-state index in [1.807, 2.05) is 6.92 Å². The van der Waals surface area contributed by atoms with Gasteiger partial charge in [0.1, 0.15) is 23.4 Å². The molecule has 44 heavy (non-hydrogen) atoms. The van der Waals surface area contributed by atoms with E-state index >= 15 is 0 Å². The number of likely N-dealkylation sites (N-methyl/N-ethyl adjacent to an activating group) is 1. The summed E-state index contributed by atoms with van der Waals surface area (Å²) in [5.74, 6) is -0.485. The van der Waals surface area contributed by atoms with Gasteiger partial charge in [0.05, 0.1) is 42.5 Å². The highest BCUT2D eigenvalue weighted by atomic mass is 32.2. The number of nitrogens with zero attached hydrogens (tertiary/aromatic N) is 2. The molecule has 2 N–H and O–H groups in total. The SMILES string of the molecule is COc1ccc(S(=O)(=O)Nc2ccc3c(c2)CC(=O)N([C@H](C)CO)C[C@@H](C)[C@@H](CN(C)S(=O)(=O)c2ccc(F)cc2)O3)cc1. The van der Waals surface area contributed by atoms with Gasteiger partial charge in [0.15, 0.2) is 0 Å². The maximum Gasteiger partial charge on any atom is 0.261 e. The van der Waals surface area contributed by atoms with E-state index in [-0.39, 0.29) is 53.3 Å². The van der Waals surface area contributed by atoms with Gasteiger partial charge in [-0.3, -0.25) is 9.52 Å². The Morgan fingerprint density at radius 3 is 2.32 bits per heavy atom. The van der Waals surface area contributed by atoms with Crippen LogP contribution in [0, 0.1) is 11.7 Å². The molecule has 0 spiro atoms. The van der Waals surface area contributed by atoms with Gasteiger partial charge in [-0.15, -0.1) is 0 Å². The molecular formula is C30H36FN3O8S2. The van der Waals surface area contributed by atoms with Gasteiger partial charge < -0.3 is 19.5 Å². The van der Waals surface area contributed by atoms with Crippen molar-refractivity contribution in [2.75, 3.05) is 38.6 Å². The molecule has 11 nitrogen and oxygen atoms in total. The van der Waals surface area contributed by atoms with E-state index in [9.17, 15) is 31.1 Å². The minimum absolute atomic E-state index is 0.0106. The number of benzene rings is 3. The van der Waals surface area contributed by atoms with Gasteiger partial charge in [-0.1, -0.05) is 6.92 Å². The molecule has 0 unspecified atom stereocenters. The smallest absolute Gasteiger partial charge is 0.261 e. The van der Waals surface area contributed by atoms with Crippen LogP contribution < -0.4 is 14.2 Å². The van der Waals surface area contributed by atoms with Crippen LogP contribution in [0.25, 0.3) is 0 Å². The first-order chi connectivity index (χ1) is 20.7. The van der Waals surface area contributed by atoms with Crippen molar-refractivity contribution in [2.24, 2.45) is 5.92 Å². The standard InChI is InChI=1S/C30H36FN3O8S2/c1-20-17-34(21(2)19-35)30(36)16-22-15-24(32-43(37,38)26-12-8-25(41-4)9-13-26)7-14-28(22)42-29(20)18-33(3)44(39,40)27-10-5-23(31)6-11-27/h5-15,20-21,29,32,35H,16-19H2,1-4H3/t20-,21-,29-/m1/s1. The van der Waals surface area contributed by atoms with Crippen LogP contribution in [-0.4, -0.2) is 83.1 Å². The molecule has 238 valence electrons. The summed E-state index contributed by atoms with van der Waals surface area (Å²) in [5, 5.41) is 9.87. The Bertz CT molecular complexity index is 1680. The van der Waals surface area contributed by atoms with Gasteiger partial charge in [-0.25, -0.2) is 21.2 Å². The summed E-state index contributed by atoms with van der Waals surface area (Å²) in [7, 11) is -5.13. The number of hydrogen-bond acceptors (Lipinski definition) is 8. The summed E-state index contributed by atoms with van der Waals surface area (Å²) in [5.41, 5.74) is 0.570. The zero-order valence-electron chi connectivity index (χ0n) is 24.8. The first kappa shape index (κ1) is 33.2. The molecular weight excluding hydrogens is 613 g/mol. The average Bonchev–Trinajstić information content (AvgIpc) is 3.04. The van der Waals surface area contributed by atoms with E-state index in [0.29, 0.717) is 11.3 Å². The maximum atomic E-state index is 13.5. The fourth-order valence-electron chi connectivity index (χ4n) is 4.82. The van der Waals surface area contributed by atoms with Crippen molar-refractivity contribution in [3.63, 3.8) is 0 Å². The lowest BCUT2D eigenvalue weighted by Crippen LogP contribution is -2.48. The van der Waals surface area contributed by atoms with Crippen LogP contribution in [0.15, 0.2) is 76.5 Å². The van der Waals surface area contributed by atoms with Crippen LogP contribution in [0.2, 0.25) is 0 Å². The molecule has 0 radical (unpaired) electrons. The molecule has 3 atom stereocenters. The normalized spacial score (nSPS) is 18.4. The number of carbonyl (C=O) groups is 1. The number of fused-ring (bicyclic) bond motifs is 1. The second kappa shape index (κ2) is 13.5. The molecule has 4 rings (SSSR count). The monoisotopic (exact) mass is 649 g/mol. The van der Waals surface area contributed by atoms with Crippen LogP contribution in [0.5, 0.6) is 11.5 Å². The van der Waals surface area contributed by atoms with Gasteiger partial charge in [0, 0.05) is 30.8 Å². The third kappa shape index (κ3) is 7.49. The molecule has 1 heterocycles. The highest BCUT2D eigenvalue weighted by molar-refractivity contribution is 7.92. The van der Waals surface area contributed by atoms with Crippen molar-refractivity contribution in [1.82, 2.24) is 9.21 Å². The number of aliphatic hydroxyl groups excluding tert-OH is 1. The molecule has 0 aliphatic carbocycles. The molecule has 0 fully saturated rings. The summed E-state index contributed by atoms with van der Waals surface area (Å²) < 4.78 is 81.2.